The van der Waals surface area contributed by atoms with E-state index in [2.05, 4.69) is 5.32 Å². The fourth-order valence-electron chi connectivity index (χ4n) is 1.06. The number of rotatable bonds is 4. The van der Waals surface area contributed by atoms with Crippen molar-refractivity contribution in [2.24, 2.45) is 0 Å². The molecule has 1 aromatic rings. The zero-order valence-electron chi connectivity index (χ0n) is 7.93. The fraction of sp³-hybridized carbons (Fsp3) is 0.400. The van der Waals surface area contributed by atoms with Gasteiger partial charge in [-0.3, -0.25) is 0 Å². The van der Waals surface area contributed by atoms with Crippen molar-refractivity contribution in [2.75, 3.05) is 23.9 Å². The van der Waals surface area contributed by atoms with Crippen molar-refractivity contribution in [1.82, 2.24) is 0 Å². The summed E-state index contributed by atoms with van der Waals surface area (Å²) in [7, 11) is 0. The van der Waals surface area contributed by atoms with Crippen LogP contribution in [0.2, 0.25) is 0 Å². The highest BCUT2D eigenvalue weighted by atomic mass is 32.2. The highest BCUT2D eigenvalue weighted by Crippen LogP contribution is 2.15. The largest absolute Gasteiger partial charge is 0.382 e. The predicted octanol–water partition coefficient (Wildman–Crippen LogP) is 2.91. The van der Waals surface area contributed by atoms with Gasteiger partial charge in [0.1, 0.15) is 5.82 Å². The third-order valence-corrected chi connectivity index (χ3v) is 2.36. The number of anilines is 1. The van der Waals surface area contributed by atoms with Crippen LogP contribution in [0.25, 0.3) is 0 Å². The minimum Gasteiger partial charge on any atom is -0.382 e. The van der Waals surface area contributed by atoms with Crippen LogP contribution in [0.1, 0.15) is 5.56 Å². The van der Waals surface area contributed by atoms with Crippen molar-refractivity contribution in [2.45, 2.75) is 6.92 Å². The molecule has 0 saturated carbocycles. The van der Waals surface area contributed by atoms with E-state index in [1.165, 1.54) is 6.07 Å². The van der Waals surface area contributed by atoms with Crippen LogP contribution in [0.5, 0.6) is 0 Å². The lowest BCUT2D eigenvalue weighted by Crippen LogP contribution is -2.05. The van der Waals surface area contributed by atoms with Crippen molar-refractivity contribution < 1.29 is 4.39 Å². The molecule has 0 amide bonds. The van der Waals surface area contributed by atoms with Gasteiger partial charge in [-0.05, 0) is 30.9 Å². The summed E-state index contributed by atoms with van der Waals surface area (Å²) in [6.45, 7) is 2.76. The summed E-state index contributed by atoms with van der Waals surface area (Å²) >= 11 is 1.75. The number of thioether (sulfide) groups is 1. The summed E-state index contributed by atoms with van der Waals surface area (Å²) in [5.41, 5.74) is 1.68. The lowest BCUT2D eigenvalue weighted by Gasteiger charge is -2.06. The van der Waals surface area contributed by atoms with E-state index >= 15 is 0 Å². The molecule has 0 aliphatic carbocycles. The van der Waals surface area contributed by atoms with E-state index < -0.39 is 0 Å². The first-order valence-corrected chi connectivity index (χ1v) is 5.62. The van der Waals surface area contributed by atoms with Gasteiger partial charge < -0.3 is 5.32 Å². The monoisotopic (exact) mass is 199 g/mol. The smallest absolute Gasteiger partial charge is 0.146 e. The average Bonchev–Trinajstić information content (AvgIpc) is 2.11. The van der Waals surface area contributed by atoms with E-state index in [9.17, 15) is 4.39 Å². The zero-order valence-corrected chi connectivity index (χ0v) is 8.75. The van der Waals surface area contributed by atoms with E-state index in [1.807, 2.05) is 19.2 Å². The van der Waals surface area contributed by atoms with Crippen LogP contribution in [0.4, 0.5) is 10.1 Å². The average molecular weight is 199 g/mol. The molecule has 13 heavy (non-hydrogen) atoms. The van der Waals surface area contributed by atoms with E-state index in [4.69, 9.17) is 0 Å². The van der Waals surface area contributed by atoms with Crippen molar-refractivity contribution in [3.05, 3.63) is 29.6 Å². The molecule has 0 saturated heterocycles. The second-order valence-electron chi connectivity index (χ2n) is 2.90. The maximum atomic E-state index is 13.1. The van der Waals surface area contributed by atoms with Gasteiger partial charge in [0.05, 0.1) is 5.69 Å². The van der Waals surface area contributed by atoms with Gasteiger partial charge in [-0.25, -0.2) is 4.39 Å². The molecule has 0 aliphatic rings. The van der Waals surface area contributed by atoms with Gasteiger partial charge in [-0.1, -0.05) is 6.07 Å². The first kappa shape index (κ1) is 10.4. The van der Waals surface area contributed by atoms with Crippen molar-refractivity contribution >= 4 is 17.4 Å². The van der Waals surface area contributed by atoms with E-state index in [1.54, 1.807) is 17.8 Å². The van der Waals surface area contributed by atoms with Gasteiger partial charge in [0.15, 0.2) is 0 Å². The molecule has 0 unspecified atom stereocenters. The number of benzene rings is 1. The molecule has 0 fully saturated rings. The van der Waals surface area contributed by atoms with Crippen LogP contribution in [-0.4, -0.2) is 18.6 Å². The quantitative estimate of drug-likeness (QED) is 0.748. The van der Waals surface area contributed by atoms with Crippen LogP contribution in [-0.2, 0) is 0 Å². The second-order valence-corrected chi connectivity index (χ2v) is 3.89. The van der Waals surface area contributed by atoms with E-state index in [-0.39, 0.29) is 5.82 Å². The Morgan fingerprint density at radius 2 is 2.23 bits per heavy atom. The Morgan fingerprint density at radius 1 is 1.46 bits per heavy atom. The molecule has 0 heterocycles. The van der Waals surface area contributed by atoms with Gasteiger partial charge in [0.25, 0.3) is 0 Å². The Balaban J connectivity index is 2.59. The molecule has 0 aromatic heterocycles. The van der Waals surface area contributed by atoms with Gasteiger partial charge in [-0.15, -0.1) is 0 Å². The maximum absolute atomic E-state index is 13.1. The third-order valence-electron chi connectivity index (χ3n) is 1.74. The van der Waals surface area contributed by atoms with Crippen LogP contribution in [0.15, 0.2) is 18.2 Å². The van der Waals surface area contributed by atoms with Gasteiger partial charge in [0, 0.05) is 12.3 Å². The first-order chi connectivity index (χ1) is 6.24. The fourth-order valence-corrected chi connectivity index (χ4v) is 1.37. The Kier molecular flexibility index (Phi) is 4.09. The molecule has 1 aromatic carbocycles. The van der Waals surface area contributed by atoms with E-state index in [0.29, 0.717) is 5.69 Å². The number of halogens is 1. The van der Waals surface area contributed by atoms with Crippen molar-refractivity contribution in [3.8, 4) is 0 Å². The molecule has 0 bridgehead atoms. The predicted molar refractivity (Wildman–Crippen MR) is 58.0 cm³/mol. The molecule has 0 aliphatic heterocycles. The minimum atomic E-state index is -0.174. The normalized spacial score (nSPS) is 10.1. The molecule has 0 spiro atoms. The van der Waals surface area contributed by atoms with Crippen LogP contribution in [0.3, 0.4) is 0 Å². The zero-order chi connectivity index (χ0) is 9.68. The van der Waals surface area contributed by atoms with Crippen LogP contribution >= 0.6 is 11.8 Å². The number of aryl methyl sites for hydroxylation is 1. The van der Waals surface area contributed by atoms with Crippen LogP contribution < -0.4 is 5.32 Å². The molecule has 0 radical (unpaired) electrons. The summed E-state index contributed by atoms with van der Waals surface area (Å²) < 4.78 is 13.1. The van der Waals surface area contributed by atoms with Crippen molar-refractivity contribution in [3.63, 3.8) is 0 Å². The molecule has 72 valence electrons. The Morgan fingerprint density at radius 3 is 2.92 bits per heavy atom. The lowest BCUT2D eigenvalue weighted by atomic mass is 10.2. The molecule has 3 heteroatoms. The molecule has 1 nitrogen and oxygen atoms in total. The molecule has 0 atom stereocenters. The van der Waals surface area contributed by atoms with Gasteiger partial charge >= 0.3 is 0 Å². The summed E-state index contributed by atoms with van der Waals surface area (Å²) in [6.07, 6.45) is 2.04. The number of nitrogens with one attached hydrogen (secondary N) is 1. The number of hydrogen-bond acceptors (Lipinski definition) is 2. The molecular weight excluding hydrogens is 185 g/mol. The summed E-state index contributed by atoms with van der Waals surface area (Å²) in [4.78, 5) is 0. The third kappa shape index (κ3) is 3.27. The second kappa shape index (κ2) is 5.12. The minimum absolute atomic E-state index is 0.174. The molecular formula is C10H14FNS. The lowest BCUT2D eigenvalue weighted by molar-refractivity contribution is 0.630. The highest BCUT2D eigenvalue weighted by molar-refractivity contribution is 7.98. The topological polar surface area (TPSA) is 12.0 Å². The Bertz CT molecular complexity index is 276. The molecule has 1 rings (SSSR count). The SMILES string of the molecule is CSCCNc1cc(C)ccc1F. The summed E-state index contributed by atoms with van der Waals surface area (Å²) in [5, 5.41) is 3.06. The first-order valence-electron chi connectivity index (χ1n) is 4.23. The molecule has 1 N–H and O–H groups in total. The van der Waals surface area contributed by atoms with Crippen molar-refractivity contribution in [1.29, 1.82) is 0 Å². The maximum Gasteiger partial charge on any atom is 0.146 e. The highest BCUT2D eigenvalue weighted by Gasteiger charge is 1.99. The van der Waals surface area contributed by atoms with Gasteiger partial charge in [0.2, 0.25) is 0 Å². The van der Waals surface area contributed by atoms with Gasteiger partial charge in [-0.2, -0.15) is 11.8 Å². The Hall–Kier alpha value is -0.700. The van der Waals surface area contributed by atoms with Crippen LogP contribution in [0, 0.1) is 12.7 Å². The van der Waals surface area contributed by atoms with E-state index in [0.717, 1.165) is 17.9 Å². The standard InChI is InChI=1S/C10H14FNS/c1-8-3-4-9(11)10(7-8)12-5-6-13-2/h3-4,7,12H,5-6H2,1-2H3. The number of hydrogen-bond donors (Lipinski definition) is 1. The Labute approximate surface area is 82.7 Å². The summed E-state index contributed by atoms with van der Waals surface area (Å²) in [5.74, 6) is 0.819. The summed E-state index contributed by atoms with van der Waals surface area (Å²) in [6, 6.07) is 5.10.